The summed E-state index contributed by atoms with van der Waals surface area (Å²) < 4.78 is 17.3. The molecule has 44 heavy (non-hydrogen) atoms. The fraction of sp³-hybridized carbons (Fsp3) is 0.459. The number of esters is 1. The molecule has 1 aliphatic heterocycles. The Balaban J connectivity index is 1.34. The molecule has 2 N–H and O–H groups in total. The van der Waals surface area contributed by atoms with Gasteiger partial charge in [0.25, 0.3) is 0 Å². The summed E-state index contributed by atoms with van der Waals surface area (Å²) in [5, 5.41) is 0. The predicted octanol–water partition coefficient (Wildman–Crippen LogP) is 6.40. The molecule has 3 aromatic carbocycles. The number of amides is 1. The van der Waals surface area contributed by atoms with Crippen molar-refractivity contribution in [1.82, 2.24) is 4.90 Å². The van der Waals surface area contributed by atoms with E-state index in [0.29, 0.717) is 18.1 Å². The second kappa shape index (κ2) is 13.9. The third-order valence-electron chi connectivity index (χ3n) is 8.90. The van der Waals surface area contributed by atoms with Gasteiger partial charge in [0.1, 0.15) is 23.9 Å². The Bertz CT molecular complexity index is 1450. The van der Waals surface area contributed by atoms with Crippen LogP contribution in [0, 0.1) is 5.41 Å². The maximum absolute atomic E-state index is 13.1. The molecule has 0 saturated carbocycles. The molecular weight excluding hydrogens is 552 g/mol. The van der Waals surface area contributed by atoms with Gasteiger partial charge in [0.2, 0.25) is 5.91 Å². The molecule has 2 atom stereocenters. The predicted molar refractivity (Wildman–Crippen MR) is 173 cm³/mol. The van der Waals surface area contributed by atoms with Crippen molar-refractivity contribution in [1.29, 1.82) is 0 Å². The molecule has 1 aliphatic carbocycles. The van der Waals surface area contributed by atoms with Crippen LogP contribution < -0.4 is 19.9 Å². The molecule has 0 radical (unpaired) electrons. The van der Waals surface area contributed by atoms with Crippen molar-refractivity contribution in [2.24, 2.45) is 11.1 Å². The van der Waals surface area contributed by atoms with E-state index in [0.717, 1.165) is 61.3 Å². The zero-order chi connectivity index (χ0) is 31.3. The molecule has 1 saturated heterocycles. The zero-order valence-electron chi connectivity index (χ0n) is 26.6. The van der Waals surface area contributed by atoms with E-state index in [-0.39, 0.29) is 11.9 Å². The van der Waals surface area contributed by atoms with Gasteiger partial charge < -0.3 is 19.9 Å². The lowest BCUT2D eigenvalue weighted by Crippen LogP contribution is -2.33. The van der Waals surface area contributed by atoms with Gasteiger partial charge in [-0.3, -0.25) is 14.5 Å². The number of methoxy groups -OCH3 is 1. The maximum Gasteiger partial charge on any atom is 0.316 e. The number of carbonyl (C=O) groups is 2. The minimum atomic E-state index is -0.622. The molecule has 1 heterocycles. The van der Waals surface area contributed by atoms with E-state index in [1.807, 2.05) is 69.3 Å². The molecule has 1 fully saturated rings. The Kier molecular flexibility index (Phi) is 9.94. The average Bonchev–Trinajstić information content (AvgIpc) is 3.01. The summed E-state index contributed by atoms with van der Waals surface area (Å²) in [6, 6.07) is 19.7. The van der Waals surface area contributed by atoms with Gasteiger partial charge in [-0.25, -0.2) is 0 Å². The number of nitrogens with zero attached hydrogens (tertiary/aromatic N) is 1. The van der Waals surface area contributed by atoms with Gasteiger partial charge in [-0.15, -0.1) is 0 Å². The highest BCUT2D eigenvalue weighted by atomic mass is 16.5. The number of hydrogen-bond donors (Lipinski definition) is 1. The normalized spacial score (nSPS) is 17.8. The van der Waals surface area contributed by atoms with Crippen molar-refractivity contribution in [3.8, 4) is 17.2 Å². The highest BCUT2D eigenvalue weighted by molar-refractivity contribution is 5.86. The molecule has 234 valence electrons. The van der Waals surface area contributed by atoms with Gasteiger partial charge >= 0.3 is 5.97 Å². The number of carbonyl (C=O) groups excluding carboxylic acids is 2. The first-order valence-electron chi connectivity index (χ1n) is 15.9. The van der Waals surface area contributed by atoms with Crippen molar-refractivity contribution in [2.45, 2.75) is 71.1 Å². The summed E-state index contributed by atoms with van der Waals surface area (Å²) in [5.74, 6) is 0.988. The summed E-state index contributed by atoms with van der Waals surface area (Å²) in [5.41, 5.74) is 10.8. The Morgan fingerprint density at radius 1 is 0.909 bits per heavy atom. The zero-order valence-corrected chi connectivity index (χ0v) is 26.6. The number of ether oxygens (including phenoxy) is 3. The van der Waals surface area contributed by atoms with E-state index in [4.69, 9.17) is 19.9 Å². The highest BCUT2D eigenvalue weighted by Crippen LogP contribution is 2.40. The van der Waals surface area contributed by atoms with E-state index in [1.165, 1.54) is 30.4 Å². The summed E-state index contributed by atoms with van der Waals surface area (Å²) in [6.07, 6.45) is 6.41. The fourth-order valence-corrected chi connectivity index (χ4v) is 6.35. The molecule has 0 spiro atoms. The largest absolute Gasteiger partial charge is 0.497 e. The SMILES string of the molecule is COc1ccc(C2CCc3cc(OC(=O)C(C)(C)C)ccc3C2)c(C(C(N)=O)c2ccc(OCCN3CCCCC3)cc2)c1. The molecule has 5 rings (SSSR count). The first-order chi connectivity index (χ1) is 21.1. The molecule has 7 nitrogen and oxygen atoms in total. The maximum atomic E-state index is 13.1. The van der Waals surface area contributed by atoms with Crippen molar-refractivity contribution in [3.63, 3.8) is 0 Å². The van der Waals surface area contributed by atoms with Crippen LogP contribution in [0.5, 0.6) is 17.2 Å². The Morgan fingerprint density at radius 2 is 1.61 bits per heavy atom. The number of benzene rings is 3. The topological polar surface area (TPSA) is 91.1 Å². The first kappa shape index (κ1) is 31.6. The molecule has 0 aromatic heterocycles. The summed E-state index contributed by atoms with van der Waals surface area (Å²) in [4.78, 5) is 27.9. The number of hydrogen-bond acceptors (Lipinski definition) is 6. The number of primary amides is 1. The Morgan fingerprint density at radius 3 is 2.30 bits per heavy atom. The van der Waals surface area contributed by atoms with E-state index in [1.54, 1.807) is 7.11 Å². The van der Waals surface area contributed by atoms with Gasteiger partial charge in [-0.1, -0.05) is 30.7 Å². The highest BCUT2D eigenvalue weighted by Gasteiger charge is 2.30. The van der Waals surface area contributed by atoms with Crippen molar-refractivity contribution >= 4 is 11.9 Å². The van der Waals surface area contributed by atoms with Crippen LogP contribution in [0.3, 0.4) is 0 Å². The fourth-order valence-electron chi connectivity index (χ4n) is 6.35. The molecule has 1 amide bonds. The minimum Gasteiger partial charge on any atom is -0.497 e. The van der Waals surface area contributed by atoms with E-state index < -0.39 is 17.2 Å². The number of nitrogens with two attached hydrogens (primary N) is 1. The van der Waals surface area contributed by atoms with Crippen LogP contribution in [-0.2, 0) is 22.4 Å². The number of aryl methyl sites for hydroxylation is 1. The lowest BCUT2D eigenvalue weighted by Gasteiger charge is -2.29. The Hall–Kier alpha value is -3.84. The van der Waals surface area contributed by atoms with E-state index in [9.17, 15) is 9.59 Å². The lowest BCUT2D eigenvalue weighted by molar-refractivity contribution is -0.143. The van der Waals surface area contributed by atoms with Crippen LogP contribution in [0.25, 0.3) is 0 Å². The molecule has 3 aromatic rings. The third-order valence-corrected chi connectivity index (χ3v) is 8.90. The lowest BCUT2D eigenvalue weighted by atomic mass is 9.76. The second-order valence-corrected chi connectivity index (χ2v) is 13.2. The van der Waals surface area contributed by atoms with Crippen molar-refractivity contribution in [3.05, 3.63) is 88.5 Å². The van der Waals surface area contributed by atoms with Crippen molar-refractivity contribution < 1.29 is 23.8 Å². The van der Waals surface area contributed by atoms with E-state index in [2.05, 4.69) is 17.0 Å². The van der Waals surface area contributed by atoms with Crippen LogP contribution in [0.2, 0.25) is 0 Å². The van der Waals surface area contributed by atoms with Crippen LogP contribution in [0.15, 0.2) is 60.7 Å². The molecule has 2 aliphatic rings. The monoisotopic (exact) mass is 598 g/mol. The van der Waals surface area contributed by atoms with Gasteiger partial charge in [0, 0.05) is 6.54 Å². The summed E-state index contributed by atoms with van der Waals surface area (Å²) >= 11 is 0. The van der Waals surface area contributed by atoms with E-state index >= 15 is 0 Å². The number of fused-ring (bicyclic) bond motifs is 1. The van der Waals surface area contributed by atoms with Gasteiger partial charge in [-0.2, -0.15) is 0 Å². The van der Waals surface area contributed by atoms with Gasteiger partial charge in [0.15, 0.2) is 0 Å². The van der Waals surface area contributed by atoms with Crippen molar-refractivity contribution in [2.75, 3.05) is 33.4 Å². The van der Waals surface area contributed by atoms with Crippen LogP contribution in [-0.4, -0.2) is 50.1 Å². The minimum absolute atomic E-state index is 0.200. The summed E-state index contributed by atoms with van der Waals surface area (Å²) in [6.45, 7) is 9.41. The molecule has 2 unspecified atom stereocenters. The smallest absolute Gasteiger partial charge is 0.316 e. The van der Waals surface area contributed by atoms with Gasteiger partial charge in [0.05, 0.1) is 18.4 Å². The quantitative estimate of drug-likeness (QED) is 0.215. The number of piperidine rings is 1. The first-order valence-corrected chi connectivity index (χ1v) is 15.9. The second-order valence-electron chi connectivity index (χ2n) is 13.2. The third kappa shape index (κ3) is 7.62. The molecule has 7 heteroatoms. The number of likely N-dealkylation sites (tertiary alicyclic amines) is 1. The number of rotatable bonds is 10. The standard InChI is InChI=1S/C37H46N2O5/c1-37(2,3)36(41)44-31-15-12-26-22-28(9-8-27(26)23-31)32-17-16-30(42-4)24-33(32)34(35(38)40)25-10-13-29(14-11-25)43-21-20-39-18-6-5-7-19-39/h10-17,23-24,28,34H,5-9,18-22H2,1-4H3,(H2,38,40). The van der Waals surface area contributed by atoms with Gasteiger partial charge in [-0.05, 0) is 136 Å². The Labute approximate surface area is 261 Å². The van der Waals surface area contributed by atoms with Crippen LogP contribution >= 0.6 is 0 Å². The average molecular weight is 599 g/mol. The van der Waals surface area contributed by atoms with Crippen LogP contribution in [0.1, 0.15) is 86.1 Å². The molecular formula is C37H46N2O5. The molecule has 0 bridgehead atoms. The summed E-state index contributed by atoms with van der Waals surface area (Å²) in [7, 11) is 1.63. The van der Waals surface area contributed by atoms with Crippen LogP contribution in [0.4, 0.5) is 0 Å².